The molecule has 4 heteroatoms. The number of hydrogen-bond acceptors (Lipinski definition) is 3. The average molecular weight is 326 g/mol. The first-order valence-electron chi connectivity index (χ1n) is 6.71. The molecule has 0 atom stereocenters. The number of nitrogens with two attached hydrogens (primary N) is 1. The van der Waals surface area contributed by atoms with E-state index in [1.54, 1.807) is 7.11 Å². The van der Waals surface area contributed by atoms with E-state index in [0.717, 1.165) is 41.5 Å². The maximum absolute atomic E-state index is 12.3. The van der Waals surface area contributed by atoms with E-state index in [0.29, 0.717) is 18.2 Å². The van der Waals surface area contributed by atoms with E-state index < -0.39 is 0 Å². The van der Waals surface area contributed by atoms with Crippen LogP contribution in [0.15, 0.2) is 22.7 Å². The van der Waals surface area contributed by atoms with Crippen LogP contribution in [0.2, 0.25) is 0 Å². The minimum atomic E-state index is 0.195. The van der Waals surface area contributed by atoms with E-state index in [1.807, 2.05) is 18.2 Å². The van der Waals surface area contributed by atoms with Crippen LogP contribution in [-0.4, -0.2) is 18.9 Å². The number of hydrogen-bond donors (Lipinski definition) is 1. The Balaban J connectivity index is 1.97. The van der Waals surface area contributed by atoms with Gasteiger partial charge < -0.3 is 10.5 Å². The van der Waals surface area contributed by atoms with Crippen LogP contribution in [0.3, 0.4) is 0 Å². The highest BCUT2D eigenvalue weighted by Gasteiger charge is 2.24. The van der Waals surface area contributed by atoms with Gasteiger partial charge in [-0.2, -0.15) is 0 Å². The largest absolute Gasteiger partial charge is 0.496 e. The highest BCUT2D eigenvalue weighted by Crippen LogP contribution is 2.28. The van der Waals surface area contributed by atoms with E-state index in [2.05, 4.69) is 15.9 Å². The number of halogens is 1. The Bertz CT molecular complexity index is 453. The molecule has 0 amide bonds. The van der Waals surface area contributed by atoms with Crippen LogP contribution < -0.4 is 10.5 Å². The molecule has 1 aromatic carbocycles. The molecule has 0 heterocycles. The number of rotatable bonds is 4. The monoisotopic (exact) mass is 325 g/mol. The van der Waals surface area contributed by atoms with E-state index in [1.165, 1.54) is 0 Å². The standard InChI is InChI=1S/C15H20BrNO2/c1-19-15-7-2-10(8-13(15)16)9-14(18)11-3-5-12(17)6-4-11/h2,7-8,11-12H,3-6,9,17H2,1H3. The summed E-state index contributed by atoms with van der Waals surface area (Å²) in [4.78, 5) is 12.3. The second-order valence-electron chi connectivity index (χ2n) is 5.22. The summed E-state index contributed by atoms with van der Waals surface area (Å²) in [5.41, 5.74) is 6.90. The predicted octanol–water partition coefficient (Wildman–Crippen LogP) is 3.09. The van der Waals surface area contributed by atoms with Crippen LogP contribution in [0.25, 0.3) is 0 Å². The molecule has 19 heavy (non-hydrogen) atoms. The molecule has 0 aromatic heterocycles. The molecule has 0 aliphatic heterocycles. The van der Waals surface area contributed by atoms with Crippen molar-refractivity contribution in [1.29, 1.82) is 0 Å². The number of benzene rings is 1. The van der Waals surface area contributed by atoms with Gasteiger partial charge >= 0.3 is 0 Å². The Kier molecular flexibility index (Phi) is 4.99. The van der Waals surface area contributed by atoms with E-state index in [4.69, 9.17) is 10.5 Å². The molecule has 0 bridgehead atoms. The van der Waals surface area contributed by atoms with Gasteiger partial charge in [-0.15, -0.1) is 0 Å². The molecule has 0 radical (unpaired) electrons. The normalized spacial score (nSPS) is 23.1. The van der Waals surface area contributed by atoms with Gasteiger partial charge in [-0.1, -0.05) is 6.07 Å². The van der Waals surface area contributed by atoms with E-state index in [9.17, 15) is 4.79 Å². The molecule has 2 N–H and O–H groups in total. The summed E-state index contributed by atoms with van der Waals surface area (Å²) in [5.74, 6) is 1.32. The molecule has 1 aliphatic rings. The van der Waals surface area contributed by atoms with Gasteiger partial charge in [-0.25, -0.2) is 0 Å². The lowest BCUT2D eigenvalue weighted by Gasteiger charge is -2.25. The zero-order valence-electron chi connectivity index (χ0n) is 11.2. The van der Waals surface area contributed by atoms with Crippen LogP contribution in [-0.2, 0) is 11.2 Å². The van der Waals surface area contributed by atoms with Crippen molar-refractivity contribution in [3.63, 3.8) is 0 Å². The fraction of sp³-hybridized carbons (Fsp3) is 0.533. The van der Waals surface area contributed by atoms with Crippen LogP contribution in [0.5, 0.6) is 5.75 Å². The molecular weight excluding hydrogens is 306 g/mol. The summed E-state index contributed by atoms with van der Waals surface area (Å²) in [6.07, 6.45) is 4.34. The van der Waals surface area contributed by atoms with E-state index >= 15 is 0 Å². The van der Waals surface area contributed by atoms with Gasteiger partial charge in [0.1, 0.15) is 11.5 Å². The topological polar surface area (TPSA) is 52.3 Å². The Labute approximate surface area is 122 Å². The molecule has 3 nitrogen and oxygen atoms in total. The molecule has 2 rings (SSSR count). The number of Topliss-reactive ketones (excluding diaryl/α,β-unsaturated/α-hetero) is 1. The number of methoxy groups -OCH3 is 1. The molecule has 1 fully saturated rings. The van der Waals surface area contributed by atoms with E-state index in [-0.39, 0.29) is 5.92 Å². The molecule has 0 saturated heterocycles. The first-order valence-corrected chi connectivity index (χ1v) is 7.50. The zero-order valence-corrected chi connectivity index (χ0v) is 12.8. The van der Waals surface area contributed by atoms with Crippen molar-refractivity contribution < 1.29 is 9.53 Å². The molecule has 0 unspecified atom stereocenters. The van der Waals surface area contributed by atoms with Gasteiger partial charge in [0.05, 0.1) is 11.6 Å². The Morgan fingerprint density at radius 2 is 2.05 bits per heavy atom. The van der Waals surface area contributed by atoms with Gasteiger partial charge in [0.2, 0.25) is 0 Å². The van der Waals surface area contributed by atoms with Gasteiger partial charge in [0.25, 0.3) is 0 Å². The maximum Gasteiger partial charge on any atom is 0.140 e. The van der Waals surface area contributed by atoms with Crippen molar-refractivity contribution in [3.8, 4) is 5.75 Å². The maximum atomic E-state index is 12.3. The molecule has 1 aromatic rings. The summed E-state index contributed by atoms with van der Waals surface area (Å²) in [6.45, 7) is 0. The Morgan fingerprint density at radius 1 is 1.37 bits per heavy atom. The van der Waals surface area contributed by atoms with Crippen molar-refractivity contribution in [3.05, 3.63) is 28.2 Å². The number of ketones is 1. The lowest BCUT2D eigenvalue weighted by atomic mass is 9.82. The lowest BCUT2D eigenvalue weighted by molar-refractivity contribution is -0.123. The third-order valence-electron chi connectivity index (χ3n) is 3.82. The van der Waals surface area contributed by atoms with Crippen LogP contribution in [0.4, 0.5) is 0 Å². The average Bonchev–Trinajstić information content (AvgIpc) is 2.39. The Hall–Kier alpha value is -0.870. The van der Waals surface area contributed by atoms with Gasteiger partial charge in [0, 0.05) is 18.4 Å². The van der Waals surface area contributed by atoms with Crippen LogP contribution in [0, 0.1) is 5.92 Å². The second-order valence-corrected chi connectivity index (χ2v) is 6.08. The van der Waals surface area contributed by atoms with Crippen molar-refractivity contribution in [2.75, 3.05) is 7.11 Å². The second kappa shape index (κ2) is 6.53. The molecule has 1 saturated carbocycles. The van der Waals surface area contributed by atoms with Crippen LogP contribution in [0.1, 0.15) is 31.2 Å². The smallest absolute Gasteiger partial charge is 0.140 e. The highest BCUT2D eigenvalue weighted by atomic mass is 79.9. The zero-order chi connectivity index (χ0) is 13.8. The Morgan fingerprint density at radius 3 is 2.63 bits per heavy atom. The van der Waals surface area contributed by atoms with Crippen molar-refractivity contribution in [2.45, 2.75) is 38.1 Å². The summed E-state index contributed by atoms with van der Waals surface area (Å²) in [6, 6.07) is 6.10. The summed E-state index contributed by atoms with van der Waals surface area (Å²) in [7, 11) is 1.64. The highest BCUT2D eigenvalue weighted by molar-refractivity contribution is 9.10. The molecule has 104 valence electrons. The van der Waals surface area contributed by atoms with Crippen molar-refractivity contribution in [2.24, 2.45) is 11.7 Å². The van der Waals surface area contributed by atoms with Gasteiger partial charge in [-0.05, 0) is 59.3 Å². The number of carbonyl (C=O) groups excluding carboxylic acids is 1. The summed E-state index contributed by atoms with van der Waals surface area (Å²) in [5, 5.41) is 0. The molecular formula is C15H20BrNO2. The quantitative estimate of drug-likeness (QED) is 0.925. The predicted molar refractivity (Wildman–Crippen MR) is 79.3 cm³/mol. The fourth-order valence-corrected chi connectivity index (χ4v) is 3.19. The lowest BCUT2D eigenvalue weighted by Crippen LogP contribution is -2.30. The van der Waals surface area contributed by atoms with Crippen LogP contribution >= 0.6 is 15.9 Å². The van der Waals surface area contributed by atoms with Crippen molar-refractivity contribution in [1.82, 2.24) is 0 Å². The number of carbonyl (C=O) groups is 1. The van der Waals surface area contributed by atoms with Crippen molar-refractivity contribution >= 4 is 21.7 Å². The first-order chi connectivity index (χ1) is 9.10. The van der Waals surface area contributed by atoms with Gasteiger partial charge in [0.15, 0.2) is 0 Å². The third-order valence-corrected chi connectivity index (χ3v) is 4.44. The first kappa shape index (κ1) is 14.5. The summed E-state index contributed by atoms with van der Waals surface area (Å²) >= 11 is 3.45. The minimum absolute atomic E-state index is 0.195. The summed E-state index contributed by atoms with van der Waals surface area (Å²) < 4.78 is 6.08. The van der Waals surface area contributed by atoms with Gasteiger partial charge in [-0.3, -0.25) is 4.79 Å². The minimum Gasteiger partial charge on any atom is -0.496 e. The SMILES string of the molecule is COc1ccc(CC(=O)C2CCC(N)CC2)cc1Br. The molecule has 0 spiro atoms. The fourth-order valence-electron chi connectivity index (χ4n) is 2.61. The third kappa shape index (κ3) is 3.80. The number of ether oxygens (including phenoxy) is 1. The molecule has 1 aliphatic carbocycles.